The van der Waals surface area contributed by atoms with Crippen LogP contribution >= 0.6 is 0 Å². The van der Waals surface area contributed by atoms with E-state index in [9.17, 15) is 23.3 Å². The van der Waals surface area contributed by atoms with Crippen LogP contribution in [-0.4, -0.2) is 39.3 Å². The molecule has 2 aromatic rings. The predicted octanol–water partition coefficient (Wildman–Crippen LogP) is 2.08. The number of hydrogen-bond donors (Lipinski definition) is 0. The van der Waals surface area contributed by atoms with Crippen molar-refractivity contribution in [3.63, 3.8) is 0 Å². The second-order valence-corrected chi connectivity index (χ2v) is 7.47. The number of carbonyl (C=O) groups excluding carboxylic acids is 1. The minimum absolute atomic E-state index is 0.00566. The van der Waals surface area contributed by atoms with Gasteiger partial charge in [0.1, 0.15) is 6.54 Å². The average molecular weight is 408 g/mol. The number of hydrogen-bond acceptors (Lipinski definition) is 8. The summed E-state index contributed by atoms with van der Waals surface area (Å²) in [6.07, 6.45) is 0. The molecule has 0 aromatic heterocycles. The molecule has 1 heterocycles. The normalized spacial score (nSPS) is 12.5. The van der Waals surface area contributed by atoms with Crippen LogP contribution in [0, 0.1) is 10.1 Å². The van der Waals surface area contributed by atoms with Gasteiger partial charge in [0.05, 0.1) is 22.1 Å². The highest BCUT2D eigenvalue weighted by molar-refractivity contribution is 7.92. The predicted molar refractivity (Wildman–Crippen MR) is 96.8 cm³/mol. The summed E-state index contributed by atoms with van der Waals surface area (Å²) in [4.78, 5) is 22.0. The van der Waals surface area contributed by atoms with Crippen molar-refractivity contribution in [2.24, 2.45) is 0 Å². The molecule has 0 aliphatic carbocycles. The molecule has 0 N–H and O–H groups in total. The molecule has 0 radical (unpaired) electrons. The van der Waals surface area contributed by atoms with E-state index in [1.54, 1.807) is 6.92 Å². The topological polar surface area (TPSA) is 125 Å². The van der Waals surface area contributed by atoms with Crippen LogP contribution in [0.2, 0.25) is 0 Å². The average Bonchev–Trinajstić information content (AvgIpc) is 3.14. The Kier molecular flexibility index (Phi) is 5.36. The van der Waals surface area contributed by atoms with Gasteiger partial charge in [0.15, 0.2) is 11.5 Å². The Balaban J connectivity index is 2.06. The fraction of sp³-hybridized carbons (Fsp3) is 0.235. The van der Waals surface area contributed by atoms with Gasteiger partial charge in [0.25, 0.3) is 15.7 Å². The van der Waals surface area contributed by atoms with Gasteiger partial charge in [0.2, 0.25) is 6.79 Å². The molecule has 1 aliphatic heterocycles. The van der Waals surface area contributed by atoms with Crippen molar-refractivity contribution in [3.05, 3.63) is 52.6 Å². The van der Waals surface area contributed by atoms with Gasteiger partial charge in [-0.05, 0) is 25.1 Å². The number of non-ortho nitro benzene ring substituents is 1. The Hall–Kier alpha value is -3.34. The maximum absolute atomic E-state index is 13.2. The number of rotatable bonds is 7. The minimum atomic E-state index is -4.31. The highest BCUT2D eigenvalue weighted by atomic mass is 32.2. The molecular weight excluding hydrogens is 392 g/mol. The molecule has 0 fully saturated rings. The minimum Gasteiger partial charge on any atom is -0.465 e. The lowest BCUT2D eigenvalue weighted by Crippen LogP contribution is -2.36. The smallest absolute Gasteiger partial charge is 0.326 e. The molecule has 148 valence electrons. The van der Waals surface area contributed by atoms with Crippen LogP contribution in [0.1, 0.15) is 6.92 Å². The summed E-state index contributed by atoms with van der Waals surface area (Å²) < 4.78 is 42.5. The third-order valence-electron chi connectivity index (χ3n) is 3.84. The third-order valence-corrected chi connectivity index (χ3v) is 5.61. The summed E-state index contributed by atoms with van der Waals surface area (Å²) >= 11 is 0. The highest BCUT2D eigenvalue weighted by Crippen LogP contribution is 2.37. The van der Waals surface area contributed by atoms with Crippen molar-refractivity contribution in [2.45, 2.75) is 11.8 Å². The number of anilines is 1. The molecule has 0 saturated heterocycles. The maximum Gasteiger partial charge on any atom is 0.326 e. The molecule has 0 saturated carbocycles. The lowest BCUT2D eigenvalue weighted by molar-refractivity contribution is -0.385. The molecule has 0 spiro atoms. The Bertz CT molecular complexity index is 1020. The second-order valence-electron chi connectivity index (χ2n) is 5.61. The van der Waals surface area contributed by atoms with Crippen molar-refractivity contribution < 1.29 is 32.3 Å². The van der Waals surface area contributed by atoms with Gasteiger partial charge in [-0.2, -0.15) is 0 Å². The van der Waals surface area contributed by atoms with E-state index in [0.29, 0.717) is 11.5 Å². The van der Waals surface area contributed by atoms with Crippen molar-refractivity contribution in [2.75, 3.05) is 24.2 Å². The van der Waals surface area contributed by atoms with Crippen LogP contribution in [0.5, 0.6) is 11.5 Å². The number of esters is 1. The van der Waals surface area contributed by atoms with Gasteiger partial charge in [-0.1, -0.05) is 6.07 Å². The number of benzene rings is 2. The Labute approximate surface area is 160 Å². The van der Waals surface area contributed by atoms with Crippen LogP contribution in [0.15, 0.2) is 47.4 Å². The number of nitro benzene ring substituents is 1. The van der Waals surface area contributed by atoms with Crippen LogP contribution < -0.4 is 13.8 Å². The fourth-order valence-electron chi connectivity index (χ4n) is 2.56. The van der Waals surface area contributed by atoms with Crippen LogP contribution in [-0.2, 0) is 19.6 Å². The third kappa shape index (κ3) is 3.83. The first-order valence-electron chi connectivity index (χ1n) is 8.15. The molecule has 1 aliphatic rings. The second kappa shape index (κ2) is 7.72. The Morgan fingerprint density at radius 2 is 1.96 bits per heavy atom. The summed E-state index contributed by atoms with van der Waals surface area (Å²) in [5, 5.41) is 11.0. The summed E-state index contributed by atoms with van der Waals surface area (Å²) in [5.41, 5.74) is -0.258. The first kappa shape index (κ1) is 19.4. The molecular formula is C17H16N2O8S. The highest BCUT2D eigenvalue weighted by Gasteiger charge is 2.30. The zero-order valence-electron chi connectivity index (χ0n) is 14.7. The zero-order valence-corrected chi connectivity index (χ0v) is 15.5. The first-order valence-corrected chi connectivity index (χ1v) is 9.59. The molecule has 3 rings (SSSR count). The quantitative estimate of drug-likeness (QED) is 0.387. The Morgan fingerprint density at radius 3 is 2.68 bits per heavy atom. The van der Waals surface area contributed by atoms with E-state index in [1.807, 2.05) is 0 Å². The van der Waals surface area contributed by atoms with E-state index in [1.165, 1.54) is 36.4 Å². The van der Waals surface area contributed by atoms with Gasteiger partial charge in [-0.15, -0.1) is 0 Å². The molecule has 0 unspecified atom stereocenters. The Morgan fingerprint density at radius 1 is 1.21 bits per heavy atom. The number of carbonyl (C=O) groups is 1. The molecule has 0 amide bonds. The van der Waals surface area contributed by atoms with E-state index >= 15 is 0 Å². The zero-order chi connectivity index (χ0) is 20.3. The molecule has 28 heavy (non-hydrogen) atoms. The van der Waals surface area contributed by atoms with Crippen molar-refractivity contribution >= 4 is 27.4 Å². The van der Waals surface area contributed by atoms with Crippen molar-refractivity contribution in [1.29, 1.82) is 0 Å². The number of ether oxygens (including phenoxy) is 3. The summed E-state index contributed by atoms with van der Waals surface area (Å²) in [5.74, 6) is -0.0117. The summed E-state index contributed by atoms with van der Waals surface area (Å²) in [6, 6.07) is 8.95. The monoisotopic (exact) mass is 408 g/mol. The molecule has 10 nitrogen and oxygen atoms in total. The SMILES string of the molecule is CCOC(=O)CN(c1ccc2c(c1)OCO2)S(=O)(=O)c1cccc([N+](=O)[O-])c1. The largest absolute Gasteiger partial charge is 0.465 e. The first-order chi connectivity index (χ1) is 13.3. The van der Waals surface area contributed by atoms with Gasteiger partial charge >= 0.3 is 5.97 Å². The molecule has 11 heteroatoms. The van der Waals surface area contributed by atoms with Gasteiger partial charge in [-0.3, -0.25) is 19.2 Å². The standard InChI is InChI=1S/C17H16N2O8S/c1-2-25-17(20)10-18(12-6-7-15-16(9-12)27-11-26-15)28(23,24)14-5-3-4-13(8-14)19(21)22/h3-9H,2,10-11H2,1H3. The number of fused-ring (bicyclic) bond motifs is 1. The van der Waals surface area contributed by atoms with Crippen LogP contribution in [0.4, 0.5) is 11.4 Å². The number of nitrogens with zero attached hydrogens (tertiary/aromatic N) is 2. The molecule has 0 atom stereocenters. The summed E-state index contributed by atoms with van der Waals surface area (Å²) in [6.45, 7) is 1.05. The van der Waals surface area contributed by atoms with Crippen LogP contribution in [0.25, 0.3) is 0 Å². The van der Waals surface area contributed by atoms with Crippen molar-refractivity contribution in [3.8, 4) is 11.5 Å². The van der Waals surface area contributed by atoms with E-state index in [-0.39, 0.29) is 29.7 Å². The van der Waals surface area contributed by atoms with Gasteiger partial charge in [-0.25, -0.2) is 8.42 Å². The van der Waals surface area contributed by atoms with Gasteiger partial charge in [0, 0.05) is 18.2 Å². The number of nitro groups is 1. The van der Waals surface area contributed by atoms with Gasteiger partial charge < -0.3 is 14.2 Å². The van der Waals surface area contributed by atoms with E-state index in [4.69, 9.17) is 14.2 Å². The van der Waals surface area contributed by atoms with E-state index in [0.717, 1.165) is 10.4 Å². The summed E-state index contributed by atoms with van der Waals surface area (Å²) in [7, 11) is -4.31. The van der Waals surface area contributed by atoms with E-state index in [2.05, 4.69) is 0 Å². The lowest BCUT2D eigenvalue weighted by Gasteiger charge is -2.23. The fourth-order valence-corrected chi connectivity index (χ4v) is 4.01. The maximum atomic E-state index is 13.2. The van der Waals surface area contributed by atoms with Crippen molar-refractivity contribution in [1.82, 2.24) is 0 Å². The van der Waals surface area contributed by atoms with Crippen LogP contribution in [0.3, 0.4) is 0 Å². The van der Waals surface area contributed by atoms with E-state index < -0.39 is 27.5 Å². The lowest BCUT2D eigenvalue weighted by atomic mass is 10.3. The number of sulfonamides is 1. The molecule has 0 bridgehead atoms. The molecule has 2 aromatic carbocycles.